The maximum Gasteiger partial charge on any atom is 0.330 e. The zero-order valence-electron chi connectivity index (χ0n) is 11.0. The number of aromatic nitrogens is 1. The number of rotatable bonds is 4. The maximum atomic E-state index is 11.3. The van der Waals surface area contributed by atoms with Gasteiger partial charge in [0.1, 0.15) is 0 Å². The molecular formula is C16H14ClNO2. The summed E-state index contributed by atoms with van der Waals surface area (Å²) < 4.78 is 4.82. The molecule has 1 heterocycles. The highest BCUT2D eigenvalue weighted by atomic mass is 35.5. The lowest BCUT2D eigenvalue weighted by molar-refractivity contribution is -0.137. The number of carbonyl (C=O) groups excluding carboxylic acids is 1. The molecule has 0 aliphatic carbocycles. The second-order valence-electron chi connectivity index (χ2n) is 4.04. The first-order chi connectivity index (χ1) is 9.69. The van der Waals surface area contributed by atoms with Crippen LogP contribution >= 0.6 is 11.6 Å². The number of nitrogens with zero attached hydrogens (tertiary/aromatic N) is 1. The number of carbonyl (C=O) groups is 1. The Morgan fingerprint density at radius 2 is 2.00 bits per heavy atom. The fraction of sp³-hybridized carbons (Fsp3) is 0.125. The Morgan fingerprint density at radius 1 is 1.25 bits per heavy atom. The van der Waals surface area contributed by atoms with Crippen LogP contribution in [0.15, 0.2) is 48.5 Å². The summed E-state index contributed by atoms with van der Waals surface area (Å²) in [6.07, 6.45) is 3.01. The molecule has 102 valence electrons. The molecule has 0 radical (unpaired) electrons. The van der Waals surface area contributed by atoms with Gasteiger partial charge in [-0.15, -0.1) is 0 Å². The molecule has 0 unspecified atom stereocenters. The Hall–Kier alpha value is -2.13. The van der Waals surface area contributed by atoms with Crippen molar-refractivity contribution in [3.63, 3.8) is 0 Å². The Morgan fingerprint density at radius 3 is 2.70 bits per heavy atom. The molecule has 0 bridgehead atoms. The van der Waals surface area contributed by atoms with Gasteiger partial charge in [0.25, 0.3) is 0 Å². The van der Waals surface area contributed by atoms with Gasteiger partial charge in [-0.2, -0.15) is 0 Å². The topological polar surface area (TPSA) is 39.2 Å². The lowest BCUT2D eigenvalue weighted by Gasteiger charge is -2.02. The lowest BCUT2D eigenvalue weighted by Crippen LogP contribution is -1.98. The van der Waals surface area contributed by atoms with Gasteiger partial charge in [-0.05, 0) is 37.3 Å². The van der Waals surface area contributed by atoms with Crippen LogP contribution in [0.4, 0.5) is 0 Å². The highest BCUT2D eigenvalue weighted by molar-refractivity contribution is 6.30. The summed E-state index contributed by atoms with van der Waals surface area (Å²) in [5.74, 6) is -0.369. The Bertz CT molecular complexity index is 621. The summed E-state index contributed by atoms with van der Waals surface area (Å²) in [6, 6.07) is 13.1. The van der Waals surface area contributed by atoms with E-state index in [0.29, 0.717) is 17.3 Å². The zero-order valence-corrected chi connectivity index (χ0v) is 11.8. The quantitative estimate of drug-likeness (QED) is 0.631. The van der Waals surface area contributed by atoms with E-state index >= 15 is 0 Å². The van der Waals surface area contributed by atoms with E-state index < -0.39 is 0 Å². The van der Waals surface area contributed by atoms with Crippen LogP contribution < -0.4 is 0 Å². The van der Waals surface area contributed by atoms with Gasteiger partial charge in [0.15, 0.2) is 0 Å². The van der Waals surface area contributed by atoms with Crippen LogP contribution in [0.5, 0.6) is 0 Å². The van der Waals surface area contributed by atoms with E-state index in [0.717, 1.165) is 11.3 Å². The SMILES string of the molecule is CCOC(=O)/C=C/c1cccc(-c2ccc(Cl)cc2)n1. The molecule has 20 heavy (non-hydrogen) atoms. The molecule has 0 aliphatic rings. The number of pyridine rings is 1. The van der Waals surface area contributed by atoms with Gasteiger partial charge in [0, 0.05) is 16.7 Å². The number of esters is 1. The minimum Gasteiger partial charge on any atom is -0.463 e. The molecule has 1 aromatic carbocycles. The normalized spacial score (nSPS) is 10.7. The van der Waals surface area contributed by atoms with Crippen LogP contribution in [0.2, 0.25) is 5.02 Å². The Labute approximate surface area is 122 Å². The minimum absolute atomic E-state index is 0.363. The van der Waals surface area contributed by atoms with Gasteiger partial charge in [0.2, 0.25) is 0 Å². The fourth-order valence-corrected chi connectivity index (χ4v) is 1.80. The van der Waals surface area contributed by atoms with Crippen LogP contribution in [0.3, 0.4) is 0 Å². The van der Waals surface area contributed by atoms with Crippen molar-refractivity contribution in [2.75, 3.05) is 6.61 Å². The second-order valence-corrected chi connectivity index (χ2v) is 4.48. The molecule has 0 atom stereocenters. The van der Waals surface area contributed by atoms with Crippen LogP contribution in [0, 0.1) is 0 Å². The average molecular weight is 288 g/mol. The van der Waals surface area contributed by atoms with Crippen molar-refractivity contribution in [3.05, 3.63) is 59.3 Å². The van der Waals surface area contributed by atoms with E-state index in [1.807, 2.05) is 42.5 Å². The van der Waals surface area contributed by atoms with Crippen LogP contribution in [0.25, 0.3) is 17.3 Å². The summed E-state index contributed by atoms with van der Waals surface area (Å²) in [7, 11) is 0. The fourth-order valence-electron chi connectivity index (χ4n) is 1.67. The second kappa shape index (κ2) is 6.87. The van der Waals surface area contributed by atoms with E-state index in [9.17, 15) is 4.79 Å². The lowest BCUT2D eigenvalue weighted by atomic mass is 10.1. The van der Waals surface area contributed by atoms with E-state index in [1.165, 1.54) is 6.08 Å². The van der Waals surface area contributed by atoms with Crippen molar-refractivity contribution in [2.45, 2.75) is 6.92 Å². The van der Waals surface area contributed by atoms with Gasteiger partial charge in [-0.25, -0.2) is 9.78 Å². The van der Waals surface area contributed by atoms with Crippen LogP contribution in [0.1, 0.15) is 12.6 Å². The predicted octanol–water partition coefficient (Wildman–Crippen LogP) is 3.98. The summed E-state index contributed by atoms with van der Waals surface area (Å²) in [5, 5.41) is 0.687. The van der Waals surface area contributed by atoms with E-state index in [-0.39, 0.29) is 5.97 Å². The van der Waals surface area contributed by atoms with Gasteiger partial charge in [0.05, 0.1) is 18.0 Å². The monoisotopic (exact) mass is 287 g/mol. The summed E-state index contributed by atoms with van der Waals surface area (Å²) in [6.45, 7) is 2.13. The molecule has 0 saturated heterocycles. The molecule has 0 saturated carbocycles. The number of hydrogen-bond donors (Lipinski definition) is 0. The Kier molecular flexibility index (Phi) is 4.91. The van der Waals surface area contributed by atoms with E-state index in [2.05, 4.69) is 4.98 Å². The van der Waals surface area contributed by atoms with Gasteiger partial charge in [-0.1, -0.05) is 29.8 Å². The van der Waals surface area contributed by atoms with Crippen molar-refractivity contribution in [3.8, 4) is 11.3 Å². The summed E-state index contributed by atoms with van der Waals surface area (Å²) in [4.78, 5) is 15.7. The van der Waals surface area contributed by atoms with Gasteiger partial charge < -0.3 is 4.74 Å². The van der Waals surface area contributed by atoms with Crippen molar-refractivity contribution >= 4 is 23.6 Å². The summed E-state index contributed by atoms with van der Waals surface area (Å²) in [5.41, 5.74) is 2.50. The molecule has 0 fully saturated rings. The molecule has 0 N–H and O–H groups in total. The average Bonchev–Trinajstić information content (AvgIpc) is 2.47. The van der Waals surface area contributed by atoms with Gasteiger partial charge >= 0.3 is 5.97 Å². The molecule has 1 aromatic heterocycles. The third-order valence-electron chi connectivity index (χ3n) is 2.59. The van der Waals surface area contributed by atoms with E-state index in [4.69, 9.17) is 16.3 Å². The standard InChI is InChI=1S/C16H14ClNO2/c1-2-20-16(19)11-10-14-4-3-5-15(18-14)12-6-8-13(17)9-7-12/h3-11H,2H2,1H3/b11-10+. The molecule has 0 aliphatic heterocycles. The molecule has 0 amide bonds. The maximum absolute atomic E-state index is 11.3. The minimum atomic E-state index is -0.369. The van der Waals surface area contributed by atoms with Crippen molar-refractivity contribution in [1.82, 2.24) is 4.98 Å². The number of benzene rings is 1. The predicted molar refractivity (Wildman–Crippen MR) is 80.4 cm³/mol. The largest absolute Gasteiger partial charge is 0.463 e. The summed E-state index contributed by atoms with van der Waals surface area (Å²) >= 11 is 5.86. The van der Waals surface area contributed by atoms with Crippen LogP contribution in [-0.4, -0.2) is 17.6 Å². The molecular weight excluding hydrogens is 274 g/mol. The number of ether oxygens (including phenoxy) is 1. The number of hydrogen-bond acceptors (Lipinski definition) is 3. The number of halogens is 1. The molecule has 2 rings (SSSR count). The first-order valence-electron chi connectivity index (χ1n) is 6.27. The third kappa shape index (κ3) is 3.93. The molecule has 0 spiro atoms. The highest BCUT2D eigenvalue weighted by Gasteiger charge is 2.00. The first-order valence-corrected chi connectivity index (χ1v) is 6.64. The van der Waals surface area contributed by atoms with Gasteiger partial charge in [-0.3, -0.25) is 0 Å². The molecule has 4 heteroatoms. The van der Waals surface area contributed by atoms with Crippen LogP contribution in [-0.2, 0) is 9.53 Å². The zero-order chi connectivity index (χ0) is 14.4. The molecule has 2 aromatic rings. The van der Waals surface area contributed by atoms with E-state index in [1.54, 1.807) is 13.0 Å². The first kappa shape index (κ1) is 14.3. The molecule has 3 nitrogen and oxygen atoms in total. The van der Waals surface area contributed by atoms with Crippen molar-refractivity contribution in [2.24, 2.45) is 0 Å². The highest BCUT2D eigenvalue weighted by Crippen LogP contribution is 2.20. The van der Waals surface area contributed by atoms with Crippen molar-refractivity contribution < 1.29 is 9.53 Å². The Balaban J connectivity index is 2.20. The van der Waals surface area contributed by atoms with Crippen molar-refractivity contribution in [1.29, 1.82) is 0 Å². The smallest absolute Gasteiger partial charge is 0.330 e. The third-order valence-corrected chi connectivity index (χ3v) is 2.84.